The molecule has 0 N–H and O–H groups in total. The molecule has 0 bridgehead atoms. The molecule has 0 aromatic rings. The van der Waals surface area contributed by atoms with Gasteiger partial charge in [0.2, 0.25) is 0 Å². The van der Waals surface area contributed by atoms with E-state index in [0.717, 1.165) is 0 Å². The number of allylic oxidation sites excluding steroid dienone is 2. The molecule has 22 heavy (non-hydrogen) atoms. The van der Waals surface area contributed by atoms with Gasteiger partial charge in [-0.2, -0.15) is 0 Å². The summed E-state index contributed by atoms with van der Waals surface area (Å²) in [7, 11) is 0. The fourth-order valence-corrected chi connectivity index (χ4v) is 3.51. The van der Waals surface area contributed by atoms with Gasteiger partial charge in [0.05, 0.1) is 0 Å². The molecule has 132 valence electrons. The van der Waals surface area contributed by atoms with Crippen LogP contribution in [0.3, 0.4) is 0 Å². The van der Waals surface area contributed by atoms with E-state index in [0.29, 0.717) is 0 Å². The summed E-state index contributed by atoms with van der Waals surface area (Å²) in [5, 5.41) is 2.35. The SMILES string of the molecule is BrCCCCCCCCC/C=C/CCCCCCCCCBr. The predicted molar refractivity (Wildman–Crippen MR) is 111 cm³/mol. The van der Waals surface area contributed by atoms with E-state index in [-0.39, 0.29) is 0 Å². The Morgan fingerprint density at radius 3 is 0.955 bits per heavy atom. The van der Waals surface area contributed by atoms with E-state index in [1.807, 2.05) is 0 Å². The van der Waals surface area contributed by atoms with Gasteiger partial charge in [-0.1, -0.05) is 108 Å². The van der Waals surface area contributed by atoms with Crippen LogP contribution in [0.1, 0.15) is 103 Å². The number of alkyl halides is 2. The average Bonchev–Trinajstić information content (AvgIpc) is 2.54. The smallest absolute Gasteiger partial charge is 0.00313 e. The lowest BCUT2D eigenvalue weighted by molar-refractivity contribution is 0.590. The maximum atomic E-state index is 3.49. The van der Waals surface area contributed by atoms with E-state index in [2.05, 4.69) is 44.0 Å². The summed E-state index contributed by atoms with van der Waals surface area (Å²) < 4.78 is 0. The second-order valence-electron chi connectivity index (χ2n) is 6.38. The number of hydrogen-bond acceptors (Lipinski definition) is 0. The van der Waals surface area contributed by atoms with Gasteiger partial charge in [0.25, 0.3) is 0 Å². The van der Waals surface area contributed by atoms with Gasteiger partial charge in [0, 0.05) is 10.7 Å². The molecule has 0 saturated heterocycles. The van der Waals surface area contributed by atoms with Gasteiger partial charge >= 0.3 is 0 Å². The third-order valence-electron chi connectivity index (χ3n) is 4.18. The first kappa shape index (κ1) is 22.7. The van der Waals surface area contributed by atoms with Crippen molar-refractivity contribution in [1.82, 2.24) is 0 Å². The van der Waals surface area contributed by atoms with Crippen LogP contribution in [0.15, 0.2) is 12.2 Å². The molecule has 0 aliphatic carbocycles. The van der Waals surface area contributed by atoms with Crippen LogP contribution in [0.4, 0.5) is 0 Å². The third kappa shape index (κ3) is 20.7. The van der Waals surface area contributed by atoms with Crippen LogP contribution >= 0.6 is 31.9 Å². The van der Waals surface area contributed by atoms with Gasteiger partial charge in [0.15, 0.2) is 0 Å². The number of rotatable bonds is 18. The molecule has 0 aliphatic rings. The zero-order valence-electron chi connectivity index (χ0n) is 14.6. The van der Waals surface area contributed by atoms with E-state index in [1.165, 1.54) is 113 Å². The van der Waals surface area contributed by atoms with Crippen LogP contribution in [0.5, 0.6) is 0 Å². The Hall–Kier alpha value is 0.700. The Morgan fingerprint density at radius 1 is 0.364 bits per heavy atom. The standard InChI is InChI=1S/C20H38Br2/c21-19-17-15-13-11-9-7-5-3-1-2-4-6-8-10-12-14-16-18-20-22/h1-2H,3-20H2/b2-1+. The van der Waals surface area contributed by atoms with Crippen molar-refractivity contribution in [2.24, 2.45) is 0 Å². The van der Waals surface area contributed by atoms with Gasteiger partial charge in [0.1, 0.15) is 0 Å². The Balaban J connectivity index is 3.03. The molecule has 0 radical (unpaired) electrons. The summed E-state index contributed by atoms with van der Waals surface area (Å²) in [6.45, 7) is 0. The lowest BCUT2D eigenvalue weighted by Crippen LogP contribution is -1.81. The van der Waals surface area contributed by atoms with Crippen LogP contribution in [0.25, 0.3) is 0 Å². The van der Waals surface area contributed by atoms with Crippen LogP contribution in [0.2, 0.25) is 0 Å². The molecule has 0 spiro atoms. The lowest BCUT2D eigenvalue weighted by Gasteiger charge is -2.00. The molecule has 0 aliphatic heterocycles. The van der Waals surface area contributed by atoms with Gasteiger partial charge in [-0.25, -0.2) is 0 Å². The third-order valence-corrected chi connectivity index (χ3v) is 5.30. The number of halogens is 2. The highest BCUT2D eigenvalue weighted by Gasteiger charge is 1.92. The number of unbranched alkanes of at least 4 members (excludes halogenated alkanes) is 14. The van der Waals surface area contributed by atoms with Gasteiger partial charge in [-0.15, -0.1) is 0 Å². The van der Waals surface area contributed by atoms with Crippen LogP contribution in [-0.2, 0) is 0 Å². The zero-order valence-corrected chi connectivity index (χ0v) is 17.8. The maximum absolute atomic E-state index is 3.49. The highest BCUT2D eigenvalue weighted by atomic mass is 79.9. The van der Waals surface area contributed by atoms with Crippen molar-refractivity contribution in [3.05, 3.63) is 12.2 Å². The Morgan fingerprint density at radius 2 is 0.636 bits per heavy atom. The van der Waals surface area contributed by atoms with E-state index in [1.54, 1.807) is 0 Å². The Kier molecular flexibility index (Phi) is 22.4. The summed E-state index contributed by atoms with van der Waals surface area (Å²) >= 11 is 6.98. The van der Waals surface area contributed by atoms with Crippen molar-refractivity contribution in [2.75, 3.05) is 10.7 Å². The minimum atomic E-state index is 1.18. The molecule has 0 nitrogen and oxygen atoms in total. The molecule has 0 aromatic heterocycles. The van der Waals surface area contributed by atoms with Crippen molar-refractivity contribution >= 4 is 31.9 Å². The molecule has 2 heteroatoms. The van der Waals surface area contributed by atoms with Gasteiger partial charge in [-0.05, 0) is 38.5 Å². The Bertz CT molecular complexity index is 192. The summed E-state index contributed by atoms with van der Waals surface area (Å²) in [5.74, 6) is 0. The molecule has 0 rings (SSSR count). The summed E-state index contributed by atoms with van der Waals surface area (Å²) in [5.41, 5.74) is 0. The summed E-state index contributed by atoms with van der Waals surface area (Å²) in [6.07, 6.45) is 27.2. The first-order valence-corrected chi connectivity index (χ1v) is 11.9. The molecular formula is C20H38Br2. The first-order chi connectivity index (χ1) is 10.9. The quantitative estimate of drug-likeness (QED) is 0.114. The number of hydrogen-bond donors (Lipinski definition) is 0. The minimum absolute atomic E-state index is 1.18. The average molecular weight is 438 g/mol. The van der Waals surface area contributed by atoms with Crippen molar-refractivity contribution in [3.8, 4) is 0 Å². The molecule has 0 fully saturated rings. The first-order valence-electron chi connectivity index (χ1n) is 9.68. The van der Waals surface area contributed by atoms with Crippen LogP contribution in [0, 0.1) is 0 Å². The Labute approximate surface area is 157 Å². The van der Waals surface area contributed by atoms with E-state index < -0.39 is 0 Å². The summed E-state index contributed by atoms with van der Waals surface area (Å²) in [6, 6.07) is 0. The lowest BCUT2D eigenvalue weighted by atomic mass is 10.1. The molecule has 0 atom stereocenters. The van der Waals surface area contributed by atoms with E-state index in [4.69, 9.17) is 0 Å². The van der Waals surface area contributed by atoms with Crippen molar-refractivity contribution in [2.45, 2.75) is 103 Å². The fraction of sp³-hybridized carbons (Fsp3) is 0.900. The van der Waals surface area contributed by atoms with Gasteiger partial charge < -0.3 is 0 Å². The fourth-order valence-electron chi connectivity index (χ4n) is 2.72. The molecule has 0 aromatic carbocycles. The van der Waals surface area contributed by atoms with E-state index >= 15 is 0 Å². The van der Waals surface area contributed by atoms with Crippen molar-refractivity contribution < 1.29 is 0 Å². The van der Waals surface area contributed by atoms with Crippen LogP contribution in [-0.4, -0.2) is 10.7 Å². The molecule has 0 saturated carbocycles. The normalized spacial score (nSPS) is 11.5. The topological polar surface area (TPSA) is 0 Å². The molecule has 0 heterocycles. The highest BCUT2D eigenvalue weighted by molar-refractivity contribution is 9.09. The van der Waals surface area contributed by atoms with E-state index in [9.17, 15) is 0 Å². The molecule has 0 amide bonds. The molecular weight excluding hydrogens is 400 g/mol. The monoisotopic (exact) mass is 436 g/mol. The van der Waals surface area contributed by atoms with Crippen molar-refractivity contribution in [1.29, 1.82) is 0 Å². The minimum Gasteiger partial charge on any atom is -0.0928 e. The highest BCUT2D eigenvalue weighted by Crippen LogP contribution is 2.11. The predicted octanol–water partition coefficient (Wildman–Crippen LogP) is 8.57. The van der Waals surface area contributed by atoms with Crippen molar-refractivity contribution in [3.63, 3.8) is 0 Å². The van der Waals surface area contributed by atoms with Crippen LogP contribution < -0.4 is 0 Å². The largest absolute Gasteiger partial charge is 0.0928 e. The summed E-state index contributed by atoms with van der Waals surface area (Å²) in [4.78, 5) is 0. The zero-order chi connectivity index (χ0) is 16.1. The second-order valence-corrected chi connectivity index (χ2v) is 7.96. The maximum Gasteiger partial charge on any atom is 0.00313 e. The van der Waals surface area contributed by atoms with Gasteiger partial charge in [-0.3, -0.25) is 0 Å². The second kappa shape index (κ2) is 21.7. The molecule has 0 unspecified atom stereocenters.